The minimum atomic E-state index is -1.06. The van der Waals surface area contributed by atoms with Crippen molar-refractivity contribution in [3.63, 3.8) is 0 Å². The van der Waals surface area contributed by atoms with Gasteiger partial charge in [-0.25, -0.2) is 0 Å². The molecular weight excluding hydrogens is 375 g/mol. The summed E-state index contributed by atoms with van der Waals surface area (Å²) in [4.78, 5) is 10.6. The van der Waals surface area contributed by atoms with E-state index in [2.05, 4.69) is 17.9 Å². The molecule has 3 unspecified atom stereocenters. The van der Waals surface area contributed by atoms with Crippen molar-refractivity contribution in [1.82, 2.24) is 0 Å². The Labute approximate surface area is 196 Å². The number of aromatic hydroxyl groups is 1. The number of hydrogen-bond acceptors (Lipinski definition) is 4. The van der Waals surface area contributed by atoms with E-state index in [1.165, 1.54) is 0 Å². The van der Waals surface area contributed by atoms with E-state index in [0.29, 0.717) is 25.0 Å². The fourth-order valence-corrected chi connectivity index (χ4v) is 3.97. The normalized spacial score (nSPS) is 20.5. The third-order valence-electron chi connectivity index (χ3n) is 5.69. The van der Waals surface area contributed by atoms with E-state index in [4.69, 9.17) is 0 Å². The zero-order valence-electron chi connectivity index (χ0n) is 17.9. The zero-order chi connectivity index (χ0) is 20.5. The van der Waals surface area contributed by atoms with Gasteiger partial charge in [0.1, 0.15) is 5.75 Å². The van der Waals surface area contributed by atoms with Gasteiger partial charge in [-0.05, 0) is 67.9 Å². The zero-order valence-corrected chi connectivity index (χ0v) is 19.9. The second-order valence-electron chi connectivity index (χ2n) is 7.77. The van der Waals surface area contributed by atoms with Gasteiger partial charge in [-0.1, -0.05) is 43.7 Å². The van der Waals surface area contributed by atoms with Crippen LogP contribution in [-0.2, 0) is 11.2 Å². The first-order valence-corrected chi connectivity index (χ1v) is 10.2. The molecule has 2 N–H and O–H groups in total. The maximum Gasteiger partial charge on any atom is 1.00 e. The van der Waals surface area contributed by atoms with Crippen molar-refractivity contribution in [2.45, 2.75) is 70.8 Å². The van der Waals surface area contributed by atoms with E-state index in [1.807, 2.05) is 31.2 Å². The van der Waals surface area contributed by atoms with Gasteiger partial charge >= 0.3 is 29.6 Å². The first kappa shape index (κ1) is 25.8. The number of benzene rings is 1. The Kier molecular flexibility index (Phi) is 11.7. The van der Waals surface area contributed by atoms with Crippen molar-refractivity contribution < 1.29 is 49.7 Å². The molecule has 0 radical (unpaired) electrons. The predicted molar refractivity (Wildman–Crippen MR) is 109 cm³/mol. The van der Waals surface area contributed by atoms with Crippen LogP contribution in [0.5, 0.6) is 5.75 Å². The Morgan fingerprint density at radius 2 is 2.14 bits per heavy atom. The largest absolute Gasteiger partial charge is 1.00 e. The summed E-state index contributed by atoms with van der Waals surface area (Å²) in [5.74, 6) is 5.69. The first-order chi connectivity index (χ1) is 13.4. The maximum absolute atomic E-state index is 10.7. The van der Waals surface area contributed by atoms with E-state index in [9.17, 15) is 20.1 Å². The molecule has 2 rings (SSSR count). The van der Waals surface area contributed by atoms with Crippen LogP contribution in [0.1, 0.15) is 69.4 Å². The molecule has 0 spiro atoms. The molecule has 1 aliphatic carbocycles. The molecule has 0 bridgehead atoms. The number of carbonyl (C=O) groups is 1. The van der Waals surface area contributed by atoms with Gasteiger partial charge < -0.3 is 20.1 Å². The minimum absolute atomic E-state index is 0. The molecule has 0 heterocycles. The summed E-state index contributed by atoms with van der Waals surface area (Å²) in [6.45, 7) is 3.80. The smallest absolute Gasteiger partial charge is 0.550 e. The number of aliphatic hydroxyl groups is 1. The summed E-state index contributed by atoms with van der Waals surface area (Å²) in [6, 6.07) is 5.75. The van der Waals surface area contributed by atoms with Gasteiger partial charge in [0.05, 0.1) is 6.10 Å². The molecule has 1 aromatic rings. The molecule has 152 valence electrons. The average molecular weight is 406 g/mol. The Balaban J connectivity index is 0.00000420. The number of para-hydroxylation sites is 1. The molecule has 4 atom stereocenters. The molecule has 0 aromatic heterocycles. The number of hydrogen-bond donors (Lipinski definition) is 2. The van der Waals surface area contributed by atoms with Crippen LogP contribution < -0.4 is 34.7 Å². The molecular formula is C24H31NaO4. The Bertz CT molecular complexity index is 747. The van der Waals surface area contributed by atoms with Crippen LogP contribution in [0.25, 0.3) is 0 Å². The fraction of sp³-hybridized carbons (Fsp3) is 0.542. The average Bonchev–Trinajstić information content (AvgIpc) is 3.13. The summed E-state index contributed by atoms with van der Waals surface area (Å²) >= 11 is 0. The quantitative estimate of drug-likeness (QED) is 0.352. The van der Waals surface area contributed by atoms with Gasteiger partial charge in [-0.15, -0.1) is 11.8 Å². The van der Waals surface area contributed by atoms with Crippen molar-refractivity contribution in [2.24, 2.45) is 11.8 Å². The fourth-order valence-electron chi connectivity index (χ4n) is 3.97. The number of carbonyl (C=O) groups excluding carboxylic acids is 1. The van der Waals surface area contributed by atoms with Crippen LogP contribution in [0, 0.1) is 23.7 Å². The van der Waals surface area contributed by atoms with Crippen molar-refractivity contribution in [3.05, 3.63) is 41.5 Å². The first-order valence-electron chi connectivity index (χ1n) is 10.2. The van der Waals surface area contributed by atoms with Crippen LogP contribution >= 0.6 is 0 Å². The number of aliphatic carboxylic acids is 1. The molecule has 0 aliphatic heterocycles. The third kappa shape index (κ3) is 7.83. The van der Waals surface area contributed by atoms with Crippen LogP contribution in [0.4, 0.5) is 0 Å². The molecule has 5 heteroatoms. The van der Waals surface area contributed by atoms with Crippen molar-refractivity contribution >= 4 is 5.97 Å². The molecule has 4 nitrogen and oxygen atoms in total. The number of rotatable bonds is 9. The van der Waals surface area contributed by atoms with Gasteiger partial charge in [0.15, 0.2) is 0 Å². The number of allylic oxidation sites excluding steroid dienone is 1. The second-order valence-corrected chi connectivity index (χ2v) is 7.77. The molecule has 1 aliphatic rings. The van der Waals surface area contributed by atoms with Gasteiger partial charge in [0.25, 0.3) is 0 Å². The Morgan fingerprint density at radius 1 is 1.38 bits per heavy atom. The summed E-state index contributed by atoms with van der Waals surface area (Å²) in [7, 11) is 0. The number of carboxylic acids is 1. The Hall–Kier alpha value is -1.25. The summed E-state index contributed by atoms with van der Waals surface area (Å²) < 4.78 is 0. The van der Waals surface area contributed by atoms with Gasteiger partial charge in [0.2, 0.25) is 0 Å². The molecule has 0 amide bonds. The summed E-state index contributed by atoms with van der Waals surface area (Å²) in [5, 5.41) is 31.7. The van der Waals surface area contributed by atoms with E-state index in [1.54, 1.807) is 6.92 Å². The minimum Gasteiger partial charge on any atom is -0.550 e. The van der Waals surface area contributed by atoms with Crippen LogP contribution in [0.15, 0.2) is 30.4 Å². The van der Waals surface area contributed by atoms with Crippen molar-refractivity contribution in [3.8, 4) is 17.6 Å². The van der Waals surface area contributed by atoms with Gasteiger partial charge in [-0.3, -0.25) is 0 Å². The number of phenols is 1. The van der Waals surface area contributed by atoms with Crippen LogP contribution in [0.2, 0.25) is 0 Å². The number of phenolic OH excluding ortho intramolecular Hbond substituents is 1. The standard InChI is InChI=1S/C24H32O4.Na/c1-3-4-8-17(2)22(25)16-15-18-9-5-12-20(18)21-13-6-10-19(24(21)28)11-7-14-23(26)27;/h6,10,13,15-18,20,22,25,28H,5,7-9,11-12,14H2,1-2H3,(H,26,27);/q;+1/p-1/b16-15+;/t17?,18?,20-,22?;/m0./s1. The van der Waals surface area contributed by atoms with Gasteiger partial charge in [-0.2, -0.15) is 0 Å². The topological polar surface area (TPSA) is 80.6 Å². The van der Waals surface area contributed by atoms with Crippen LogP contribution in [-0.4, -0.2) is 22.3 Å². The number of aliphatic hydroxyl groups excluding tert-OH is 1. The second kappa shape index (κ2) is 13.1. The van der Waals surface area contributed by atoms with E-state index in [0.717, 1.165) is 30.4 Å². The van der Waals surface area contributed by atoms with E-state index < -0.39 is 12.1 Å². The molecule has 1 aromatic carbocycles. The van der Waals surface area contributed by atoms with E-state index >= 15 is 0 Å². The van der Waals surface area contributed by atoms with Crippen molar-refractivity contribution in [2.75, 3.05) is 0 Å². The molecule has 1 saturated carbocycles. The summed E-state index contributed by atoms with van der Waals surface area (Å²) in [5.41, 5.74) is 1.72. The SMILES string of the molecule is CC#CCC(C)C(O)/C=C/C1CCC[C@@H]1c1cccc(CCCC(=O)[O-])c1O.[Na+]. The number of aryl methyl sites for hydroxylation is 1. The van der Waals surface area contributed by atoms with Crippen LogP contribution in [0.3, 0.4) is 0 Å². The third-order valence-corrected chi connectivity index (χ3v) is 5.69. The van der Waals surface area contributed by atoms with Gasteiger partial charge in [0, 0.05) is 12.4 Å². The maximum atomic E-state index is 10.7. The Morgan fingerprint density at radius 3 is 2.83 bits per heavy atom. The monoisotopic (exact) mass is 406 g/mol. The predicted octanol–water partition coefficient (Wildman–Crippen LogP) is 0.319. The molecule has 0 saturated heterocycles. The molecule has 29 heavy (non-hydrogen) atoms. The van der Waals surface area contributed by atoms with E-state index in [-0.39, 0.29) is 53.7 Å². The summed E-state index contributed by atoms with van der Waals surface area (Å²) in [6.07, 6.45) is 8.22. The number of carboxylic acid groups (broad SMARTS) is 1. The van der Waals surface area contributed by atoms with Crippen molar-refractivity contribution in [1.29, 1.82) is 0 Å². The molecule has 1 fully saturated rings.